The molecule has 0 radical (unpaired) electrons. The molecule has 4 heteroatoms. The monoisotopic (exact) mass is 264 g/mol. The number of carbonyl (C=O) groups is 1. The van der Waals surface area contributed by atoms with E-state index in [-0.39, 0.29) is 5.78 Å². The second kappa shape index (κ2) is 6.75. The number of likely N-dealkylation sites (tertiary alicyclic amines) is 1. The van der Waals surface area contributed by atoms with Crippen LogP contribution in [0.4, 0.5) is 4.39 Å². The molecular formula is C15H21FN2O. The minimum absolute atomic E-state index is 0.00221. The van der Waals surface area contributed by atoms with Crippen LogP contribution in [0.1, 0.15) is 43.1 Å². The first-order valence-electron chi connectivity index (χ1n) is 7.06. The summed E-state index contributed by atoms with van der Waals surface area (Å²) in [5.74, 6) is 0.446. The molecule has 1 saturated heterocycles. The van der Waals surface area contributed by atoms with Crippen molar-refractivity contribution in [1.82, 2.24) is 9.88 Å². The zero-order chi connectivity index (χ0) is 13.7. The van der Waals surface area contributed by atoms with Crippen molar-refractivity contribution in [3.63, 3.8) is 0 Å². The van der Waals surface area contributed by atoms with Gasteiger partial charge in [-0.1, -0.05) is 13.3 Å². The highest BCUT2D eigenvalue weighted by molar-refractivity contribution is 5.94. The summed E-state index contributed by atoms with van der Waals surface area (Å²) in [5.41, 5.74) is 0.366. The summed E-state index contributed by atoms with van der Waals surface area (Å²) in [6.45, 7) is 5.20. The normalized spacial score (nSPS) is 17.6. The van der Waals surface area contributed by atoms with Gasteiger partial charge in [0, 0.05) is 13.0 Å². The number of rotatable bonds is 5. The van der Waals surface area contributed by atoms with Gasteiger partial charge in [0.1, 0.15) is 11.5 Å². The number of nitrogens with zero attached hydrogens (tertiary/aromatic N) is 2. The topological polar surface area (TPSA) is 33.2 Å². The lowest BCUT2D eigenvalue weighted by Gasteiger charge is -2.31. The Morgan fingerprint density at radius 3 is 2.74 bits per heavy atom. The van der Waals surface area contributed by atoms with E-state index >= 15 is 0 Å². The van der Waals surface area contributed by atoms with Gasteiger partial charge in [0.25, 0.3) is 0 Å². The fraction of sp³-hybridized carbons (Fsp3) is 0.600. The predicted octanol–water partition coefficient (Wildman–Crippen LogP) is 2.92. The molecule has 0 amide bonds. The Morgan fingerprint density at radius 2 is 2.16 bits per heavy atom. The molecule has 1 aromatic rings. The van der Waals surface area contributed by atoms with Gasteiger partial charge >= 0.3 is 0 Å². The molecule has 0 bridgehead atoms. The van der Waals surface area contributed by atoms with Crippen LogP contribution in [-0.2, 0) is 0 Å². The molecule has 1 aliphatic rings. The smallest absolute Gasteiger partial charge is 0.182 e. The molecule has 0 N–H and O–H groups in total. The Labute approximate surface area is 113 Å². The third-order valence-corrected chi connectivity index (χ3v) is 3.95. The Kier molecular flexibility index (Phi) is 5.02. The van der Waals surface area contributed by atoms with E-state index in [0.29, 0.717) is 12.1 Å². The number of carbonyl (C=O) groups excluding carboxylic acids is 1. The first kappa shape index (κ1) is 14.1. The largest absolute Gasteiger partial charge is 0.303 e. The molecule has 3 nitrogen and oxygen atoms in total. The summed E-state index contributed by atoms with van der Waals surface area (Å²) in [6, 6.07) is 2.74. The van der Waals surface area contributed by atoms with Crippen LogP contribution in [-0.4, -0.2) is 35.3 Å². The summed E-state index contributed by atoms with van der Waals surface area (Å²) in [6.07, 6.45) is 5.29. The van der Waals surface area contributed by atoms with Crippen molar-refractivity contribution in [3.05, 3.63) is 29.8 Å². The lowest BCUT2D eigenvalue weighted by molar-refractivity contribution is 0.0945. The van der Waals surface area contributed by atoms with E-state index in [1.165, 1.54) is 31.4 Å². The summed E-state index contributed by atoms with van der Waals surface area (Å²) < 4.78 is 12.7. The van der Waals surface area contributed by atoms with Gasteiger partial charge in [-0.05, 0) is 44.0 Å². The van der Waals surface area contributed by atoms with Crippen LogP contribution < -0.4 is 0 Å². The molecule has 0 spiro atoms. The third kappa shape index (κ3) is 4.10. The van der Waals surface area contributed by atoms with Crippen LogP contribution in [0.15, 0.2) is 18.3 Å². The van der Waals surface area contributed by atoms with Crippen molar-refractivity contribution in [2.75, 3.05) is 19.6 Å². The molecule has 1 fully saturated rings. The molecule has 0 aromatic carbocycles. The number of hydrogen-bond acceptors (Lipinski definition) is 3. The van der Waals surface area contributed by atoms with E-state index in [4.69, 9.17) is 0 Å². The van der Waals surface area contributed by atoms with Crippen LogP contribution in [0.5, 0.6) is 0 Å². The van der Waals surface area contributed by atoms with E-state index in [1.54, 1.807) is 0 Å². The zero-order valence-corrected chi connectivity index (χ0v) is 11.4. The van der Waals surface area contributed by atoms with Crippen molar-refractivity contribution in [1.29, 1.82) is 0 Å². The zero-order valence-electron chi connectivity index (χ0n) is 11.4. The van der Waals surface area contributed by atoms with Gasteiger partial charge in [0.15, 0.2) is 5.78 Å². The number of pyridine rings is 1. The lowest BCUT2D eigenvalue weighted by atomic mass is 9.94. The molecule has 2 heterocycles. The van der Waals surface area contributed by atoms with Gasteiger partial charge in [-0.2, -0.15) is 0 Å². The summed E-state index contributed by atoms with van der Waals surface area (Å²) >= 11 is 0. The van der Waals surface area contributed by atoms with Crippen LogP contribution in [0, 0.1) is 11.7 Å². The Hall–Kier alpha value is -1.29. The maximum Gasteiger partial charge on any atom is 0.182 e. The maximum absolute atomic E-state index is 12.7. The fourth-order valence-corrected chi connectivity index (χ4v) is 2.55. The van der Waals surface area contributed by atoms with Gasteiger partial charge in [0.2, 0.25) is 0 Å². The third-order valence-electron chi connectivity index (χ3n) is 3.95. The van der Waals surface area contributed by atoms with Gasteiger partial charge in [-0.15, -0.1) is 0 Å². The highest BCUT2D eigenvalue weighted by Crippen LogP contribution is 2.20. The van der Waals surface area contributed by atoms with E-state index in [1.807, 2.05) is 0 Å². The van der Waals surface area contributed by atoms with Gasteiger partial charge in [-0.25, -0.2) is 4.39 Å². The first-order chi connectivity index (χ1) is 9.19. The molecule has 1 aromatic heterocycles. The van der Waals surface area contributed by atoms with Gasteiger partial charge in [0.05, 0.1) is 6.20 Å². The SMILES string of the molecule is CCC1CCN(CCC(=O)c2ccc(F)cn2)CC1. The number of aromatic nitrogens is 1. The van der Waals surface area contributed by atoms with Crippen LogP contribution in [0.3, 0.4) is 0 Å². The summed E-state index contributed by atoms with van der Waals surface area (Å²) in [4.78, 5) is 18.1. The van der Waals surface area contributed by atoms with Crippen LogP contribution in [0.25, 0.3) is 0 Å². The number of halogens is 1. The van der Waals surface area contributed by atoms with Crippen LogP contribution in [0.2, 0.25) is 0 Å². The number of Topliss-reactive ketones (excluding diaryl/α,β-unsaturated/α-hetero) is 1. The molecular weight excluding hydrogens is 243 g/mol. The second-order valence-corrected chi connectivity index (χ2v) is 5.23. The minimum Gasteiger partial charge on any atom is -0.303 e. The van der Waals surface area contributed by atoms with Crippen molar-refractivity contribution in [2.45, 2.75) is 32.6 Å². The Balaban J connectivity index is 1.76. The maximum atomic E-state index is 12.7. The molecule has 2 rings (SSSR count). The van der Waals surface area contributed by atoms with Crippen molar-refractivity contribution < 1.29 is 9.18 Å². The van der Waals surface area contributed by atoms with Gasteiger partial charge in [-0.3, -0.25) is 9.78 Å². The molecule has 0 unspecified atom stereocenters. The molecule has 1 aliphatic heterocycles. The minimum atomic E-state index is -0.404. The predicted molar refractivity (Wildman–Crippen MR) is 72.6 cm³/mol. The number of piperidine rings is 1. The van der Waals surface area contributed by atoms with Crippen molar-refractivity contribution >= 4 is 5.78 Å². The second-order valence-electron chi connectivity index (χ2n) is 5.23. The summed E-state index contributed by atoms with van der Waals surface area (Å²) in [7, 11) is 0. The standard InChI is InChI=1S/C15H21FN2O/c1-2-12-5-8-18(9-6-12)10-7-15(19)14-4-3-13(16)11-17-14/h3-4,11-12H,2,5-10H2,1H3. The Bertz CT molecular complexity index is 411. The van der Waals surface area contributed by atoms with E-state index in [9.17, 15) is 9.18 Å². The van der Waals surface area contributed by atoms with Gasteiger partial charge < -0.3 is 4.90 Å². The molecule has 104 valence electrons. The molecule has 0 atom stereocenters. The Morgan fingerprint density at radius 1 is 1.42 bits per heavy atom. The highest BCUT2D eigenvalue weighted by Gasteiger charge is 2.18. The van der Waals surface area contributed by atoms with E-state index in [0.717, 1.165) is 31.7 Å². The number of ketones is 1. The molecule has 0 aliphatic carbocycles. The highest BCUT2D eigenvalue weighted by atomic mass is 19.1. The molecule has 0 saturated carbocycles. The van der Waals surface area contributed by atoms with E-state index < -0.39 is 5.82 Å². The van der Waals surface area contributed by atoms with Crippen molar-refractivity contribution in [3.8, 4) is 0 Å². The fourth-order valence-electron chi connectivity index (χ4n) is 2.55. The van der Waals surface area contributed by atoms with E-state index in [2.05, 4.69) is 16.8 Å². The lowest BCUT2D eigenvalue weighted by Crippen LogP contribution is -2.35. The molecule has 19 heavy (non-hydrogen) atoms. The van der Waals surface area contributed by atoms with Crippen LogP contribution >= 0.6 is 0 Å². The van der Waals surface area contributed by atoms with Crippen molar-refractivity contribution in [2.24, 2.45) is 5.92 Å². The number of hydrogen-bond donors (Lipinski definition) is 0. The first-order valence-corrected chi connectivity index (χ1v) is 7.06. The average molecular weight is 264 g/mol. The average Bonchev–Trinajstić information content (AvgIpc) is 2.46. The summed E-state index contributed by atoms with van der Waals surface area (Å²) in [5, 5.41) is 0. The quantitative estimate of drug-likeness (QED) is 0.767.